The van der Waals surface area contributed by atoms with Gasteiger partial charge in [0.2, 0.25) is 0 Å². The fraction of sp³-hybridized carbons (Fsp3) is 0.107. The molecule has 174 valence electrons. The number of Topliss-reactive ketones (excluding diaryl/α,β-unsaturated/α-hetero) is 1. The third kappa shape index (κ3) is 3.16. The van der Waals surface area contributed by atoms with Gasteiger partial charge in [-0.2, -0.15) is 0 Å². The normalized spacial score (nSPS) is 22.5. The molecule has 3 unspecified atom stereocenters. The Morgan fingerprint density at radius 3 is 2.11 bits per heavy atom. The van der Waals surface area contributed by atoms with E-state index < -0.39 is 17.8 Å². The number of phenolic OH excluding ortho intramolecular Hbond substituents is 4. The van der Waals surface area contributed by atoms with E-state index in [9.17, 15) is 30.3 Å². The zero-order valence-electron chi connectivity index (χ0n) is 18.2. The smallest absolute Gasteiger partial charge is 0.152 e. The van der Waals surface area contributed by atoms with Crippen LogP contribution in [0.3, 0.4) is 0 Å². The van der Waals surface area contributed by atoms with Gasteiger partial charge < -0.3 is 30.3 Å². The molecular formula is C28H20O7. The van der Waals surface area contributed by atoms with Crippen LogP contribution in [0.2, 0.25) is 0 Å². The van der Waals surface area contributed by atoms with Crippen molar-refractivity contribution in [2.75, 3.05) is 0 Å². The predicted octanol–water partition coefficient (Wildman–Crippen LogP) is 4.69. The lowest BCUT2D eigenvalue weighted by Crippen LogP contribution is -2.28. The number of allylic oxidation sites excluding steroid dienone is 3. The van der Waals surface area contributed by atoms with E-state index in [4.69, 9.17) is 4.74 Å². The number of hydrogen-bond donors (Lipinski definition) is 5. The zero-order valence-corrected chi connectivity index (χ0v) is 18.2. The average molecular weight is 468 g/mol. The molecule has 3 aliphatic rings. The van der Waals surface area contributed by atoms with Gasteiger partial charge in [-0.15, -0.1) is 0 Å². The molecule has 1 aliphatic heterocycles. The maximum Gasteiger partial charge on any atom is 0.152 e. The summed E-state index contributed by atoms with van der Waals surface area (Å²) in [5.74, 6) is -2.27. The van der Waals surface area contributed by atoms with Crippen molar-refractivity contribution < 1.29 is 35.1 Å². The van der Waals surface area contributed by atoms with Crippen LogP contribution in [0.25, 0.3) is 11.3 Å². The number of fused-ring (bicyclic) bond motifs is 2. The van der Waals surface area contributed by atoms with Crippen LogP contribution in [0.1, 0.15) is 28.2 Å². The number of hydrogen-bond acceptors (Lipinski definition) is 7. The van der Waals surface area contributed by atoms with E-state index in [1.165, 1.54) is 48.6 Å². The van der Waals surface area contributed by atoms with E-state index in [2.05, 4.69) is 0 Å². The molecule has 0 aromatic heterocycles. The minimum Gasteiger partial charge on any atom is -0.508 e. The molecule has 1 heterocycles. The first kappa shape index (κ1) is 20.9. The summed E-state index contributed by atoms with van der Waals surface area (Å²) in [6.07, 6.45) is 2.95. The van der Waals surface area contributed by atoms with Crippen molar-refractivity contribution in [1.82, 2.24) is 0 Å². The van der Waals surface area contributed by atoms with Gasteiger partial charge in [-0.3, -0.25) is 4.79 Å². The van der Waals surface area contributed by atoms with Crippen LogP contribution >= 0.6 is 0 Å². The molecule has 0 saturated heterocycles. The molecule has 0 radical (unpaired) electrons. The molecule has 3 atom stereocenters. The fourth-order valence-corrected chi connectivity index (χ4v) is 5.31. The lowest BCUT2D eigenvalue weighted by Gasteiger charge is -2.25. The van der Waals surface area contributed by atoms with Crippen molar-refractivity contribution in [3.63, 3.8) is 0 Å². The SMILES string of the molecule is O=C1C(c2ccc(O)cc2)c2c(O)cc(O)cc2C2=C(c3ccc(O)cc3)OC3=CC(O)=CC1C32. The first-order valence-electron chi connectivity index (χ1n) is 11.0. The Morgan fingerprint density at radius 1 is 0.771 bits per heavy atom. The third-order valence-electron chi connectivity index (χ3n) is 6.77. The molecule has 5 N–H and O–H groups in total. The molecule has 0 bridgehead atoms. The van der Waals surface area contributed by atoms with Gasteiger partial charge in [0.15, 0.2) is 5.78 Å². The van der Waals surface area contributed by atoms with Gasteiger partial charge in [0.25, 0.3) is 0 Å². The van der Waals surface area contributed by atoms with Crippen molar-refractivity contribution in [2.45, 2.75) is 5.92 Å². The summed E-state index contributed by atoms with van der Waals surface area (Å²) >= 11 is 0. The number of ether oxygens (including phenoxy) is 1. The molecule has 0 spiro atoms. The van der Waals surface area contributed by atoms with Crippen molar-refractivity contribution in [2.24, 2.45) is 11.8 Å². The summed E-state index contributed by atoms with van der Waals surface area (Å²) in [4.78, 5) is 14.1. The monoisotopic (exact) mass is 468 g/mol. The Morgan fingerprint density at radius 2 is 1.43 bits per heavy atom. The number of aliphatic hydroxyl groups excluding tert-OH is 1. The molecule has 0 saturated carbocycles. The minimum atomic E-state index is -0.932. The molecule has 0 amide bonds. The van der Waals surface area contributed by atoms with Gasteiger partial charge in [0.1, 0.15) is 40.3 Å². The minimum absolute atomic E-state index is 0.0352. The number of carbonyl (C=O) groups excluding carboxylic acids is 1. The van der Waals surface area contributed by atoms with Crippen LogP contribution in [-0.4, -0.2) is 31.3 Å². The van der Waals surface area contributed by atoms with E-state index in [1.54, 1.807) is 24.3 Å². The van der Waals surface area contributed by atoms with Gasteiger partial charge in [-0.1, -0.05) is 12.1 Å². The van der Waals surface area contributed by atoms with Crippen molar-refractivity contribution >= 4 is 17.1 Å². The Balaban J connectivity index is 1.70. The molecule has 6 rings (SSSR count). The van der Waals surface area contributed by atoms with Crippen LogP contribution in [0.5, 0.6) is 23.0 Å². The van der Waals surface area contributed by atoms with Crippen LogP contribution in [0, 0.1) is 11.8 Å². The van der Waals surface area contributed by atoms with Crippen LogP contribution in [-0.2, 0) is 9.53 Å². The van der Waals surface area contributed by atoms with E-state index in [0.717, 1.165) is 0 Å². The Labute approximate surface area is 199 Å². The second-order valence-corrected chi connectivity index (χ2v) is 8.89. The van der Waals surface area contributed by atoms with Crippen LogP contribution in [0.4, 0.5) is 0 Å². The summed E-state index contributed by atoms with van der Waals surface area (Å²) in [5, 5.41) is 51.5. The first-order chi connectivity index (χ1) is 16.8. The number of benzene rings is 3. The highest BCUT2D eigenvalue weighted by Crippen LogP contribution is 2.57. The van der Waals surface area contributed by atoms with Gasteiger partial charge >= 0.3 is 0 Å². The number of phenols is 4. The molecular weight excluding hydrogens is 448 g/mol. The second-order valence-electron chi connectivity index (χ2n) is 8.89. The third-order valence-corrected chi connectivity index (χ3v) is 6.77. The van der Waals surface area contributed by atoms with Crippen LogP contribution in [0.15, 0.2) is 84.3 Å². The zero-order chi connectivity index (χ0) is 24.4. The summed E-state index contributed by atoms with van der Waals surface area (Å²) in [6, 6.07) is 15.2. The summed E-state index contributed by atoms with van der Waals surface area (Å²) in [7, 11) is 0. The molecule has 3 aromatic rings. The number of aromatic hydroxyl groups is 4. The van der Waals surface area contributed by atoms with Gasteiger partial charge in [0.05, 0.1) is 17.8 Å². The second kappa shape index (κ2) is 7.43. The van der Waals surface area contributed by atoms with E-state index in [-0.39, 0.29) is 34.5 Å². The standard InChI is InChI=1S/C28H20O7/c29-15-5-1-13(2-6-15)23-24-19(9-17(31)11-21(24)33)26-25-20(27(23)34)10-18(32)12-22(25)35-28(26)14-3-7-16(30)8-4-14/h1-12,20,23,25,29-33H. The highest BCUT2D eigenvalue weighted by Gasteiger charge is 2.50. The van der Waals surface area contributed by atoms with Gasteiger partial charge in [0, 0.05) is 28.8 Å². The predicted molar refractivity (Wildman–Crippen MR) is 127 cm³/mol. The maximum absolute atomic E-state index is 14.1. The van der Waals surface area contributed by atoms with Gasteiger partial charge in [-0.05, 0) is 59.7 Å². The molecule has 2 aliphatic carbocycles. The number of aliphatic hydroxyl groups is 1. The lowest BCUT2D eigenvalue weighted by atomic mass is 9.76. The van der Waals surface area contributed by atoms with Crippen molar-refractivity contribution in [3.8, 4) is 23.0 Å². The van der Waals surface area contributed by atoms with Crippen LogP contribution < -0.4 is 0 Å². The topological polar surface area (TPSA) is 127 Å². The van der Waals surface area contributed by atoms with Crippen molar-refractivity contribution in [3.05, 3.63) is 107 Å². The largest absolute Gasteiger partial charge is 0.508 e. The highest BCUT2D eigenvalue weighted by atomic mass is 16.5. The molecule has 0 fully saturated rings. The summed E-state index contributed by atoms with van der Waals surface area (Å²) in [5.41, 5.74) is 2.51. The number of ketones is 1. The number of carbonyl (C=O) groups is 1. The van der Waals surface area contributed by atoms with E-state index in [0.29, 0.717) is 39.3 Å². The highest BCUT2D eigenvalue weighted by molar-refractivity contribution is 6.05. The Bertz CT molecular complexity index is 1480. The van der Waals surface area contributed by atoms with Crippen molar-refractivity contribution in [1.29, 1.82) is 0 Å². The summed E-state index contributed by atoms with van der Waals surface area (Å²) in [6.45, 7) is 0. The van der Waals surface area contributed by atoms with E-state index >= 15 is 0 Å². The fourth-order valence-electron chi connectivity index (χ4n) is 5.31. The molecule has 3 aromatic carbocycles. The molecule has 7 heteroatoms. The summed E-state index contributed by atoms with van der Waals surface area (Å²) < 4.78 is 6.18. The molecule has 7 nitrogen and oxygen atoms in total. The average Bonchev–Trinajstić information content (AvgIpc) is 3.15. The maximum atomic E-state index is 14.1. The Hall–Kier alpha value is -4.65. The quantitative estimate of drug-likeness (QED) is 0.369. The van der Waals surface area contributed by atoms with E-state index in [1.807, 2.05) is 0 Å². The Kier molecular flexibility index (Phi) is 4.44. The number of rotatable bonds is 2. The first-order valence-corrected chi connectivity index (χ1v) is 11.0. The molecule has 35 heavy (non-hydrogen) atoms. The lowest BCUT2D eigenvalue weighted by molar-refractivity contribution is -0.122. The van der Waals surface area contributed by atoms with Gasteiger partial charge in [-0.25, -0.2) is 0 Å².